The summed E-state index contributed by atoms with van der Waals surface area (Å²) in [5.41, 5.74) is 13.4. The fourth-order valence-electron chi connectivity index (χ4n) is 1.67. The van der Waals surface area contributed by atoms with Crippen LogP contribution in [-0.4, -0.2) is 6.54 Å². The SMILES string of the molecule is Cc1ccc(F)cc1[C@@H](N)CCCCN.Cl. The van der Waals surface area contributed by atoms with Crippen LogP contribution in [0.3, 0.4) is 0 Å². The van der Waals surface area contributed by atoms with Gasteiger partial charge in [0, 0.05) is 6.04 Å². The van der Waals surface area contributed by atoms with Gasteiger partial charge in [-0.25, -0.2) is 4.39 Å². The molecule has 0 unspecified atom stereocenters. The molecule has 0 aliphatic rings. The van der Waals surface area contributed by atoms with Crippen LogP contribution in [0.5, 0.6) is 0 Å². The molecular formula is C12H20ClFN2. The first kappa shape index (κ1) is 15.4. The Hall–Kier alpha value is -0.640. The lowest BCUT2D eigenvalue weighted by atomic mass is 9.97. The Balaban J connectivity index is 0.00000225. The smallest absolute Gasteiger partial charge is 0.123 e. The summed E-state index contributed by atoms with van der Waals surface area (Å²) in [6.07, 6.45) is 2.83. The second-order valence-electron chi connectivity index (χ2n) is 3.89. The van der Waals surface area contributed by atoms with E-state index in [0.717, 1.165) is 30.4 Å². The number of nitrogens with two attached hydrogens (primary N) is 2. The molecule has 0 spiro atoms. The van der Waals surface area contributed by atoms with E-state index in [0.29, 0.717) is 6.54 Å². The molecule has 1 rings (SSSR count). The van der Waals surface area contributed by atoms with Crippen molar-refractivity contribution in [3.63, 3.8) is 0 Å². The van der Waals surface area contributed by atoms with E-state index in [1.54, 1.807) is 6.07 Å². The predicted molar refractivity (Wildman–Crippen MR) is 68.2 cm³/mol. The number of rotatable bonds is 5. The minimum Gasteiger partial charge on any atom is -0.330 e. The molecule has 0 saturated heterocycles. The molecule has 4 N–H and O–H groups in total. The maximum Gasteiger partial charge on any atom is 0.123 e. The van der Waals surface area contributed by atoms with E-state index in [9.17, 15) is 4.39 Å². The summed E-state index contributed by atoms with van der Waals surface area (Å²) in [5, 5.41) is 0. The van der Waals surface area contributed by atoms with Crippen molar-refractivity contribution in [3.8, 4) is 0 Å². The summed E-state index contributed by atoms with van der Waals surface area (Å²) < 4.78 is 13.0. The molecule has 1 aromatic rings. The Morgan fingerprint density at radius 3 is 2.62 bits per heavy atom. The number of benzene rings is 1. The van der Waals surface area contributed by atoms with Gasteiger partial charge in [-0.3, -0.25) is 0 Å². The standard InChI is InChI=1S/C12H19FN2.ClH/c1-9-5-6-10(13)8-11(9)12(15)4-2-3-7-14;/h5-6,8,12H,2-4,7,14-15H2,1H3;1H/t12-;/m0./s1. The third kappa shape index (κ3) is 4.47. The fraction of sp³-hybridized carbons (Fsp3) is 0.500. The van der Waals surface area contributed by atoms with Crippen LogP contribution in [0, 0.1) is 12.7 Å². The van der Waals surface area contributed by atoms with Gasteiger partial charge >= 0.3 is 0 Å². The highest BCUT2D eigenvalue weighted by molar-refractivity contribution is 5.85. The zero-order valence-corrected chi connectivity index (χ0v) is 10.4. The molecule has 0 saturated carbocycles. The van der Waals surface area contributed by atoms with Crippen LogP contribution in [0.15, 0.2) is 18.2 Å². The van der Waals surface area contributed by atoms with Crippen molar-refractivity contribution in [2.24, 2.45) is 11.5 Å². The van der Waals surface area contributed by atoms with Gasteiger partial charge in [0.05, 0.1) is 0 Å². The van der Waals surface area contributed by atoms with Crippen molar-refractivity contribution < 1.29 is 4.39 Å². The summed E-state index contributed by atoms with van der Waals surface area (Å²) in [6, 6.07) is 4.69. The molecule has 1 atom stereocenters. The van der Waals surface area contributed by atoms with E-state index < -0.39 is 0 Å². The largest absolute Gasteiger partial charge is 0.330 e. The molecule has 0 bridgehead atoms. The zero-order chi connectivity index (χ0) is 11.3. The lowest BCUT2D eigenvalue weighted by Crippen LogP contribution is -2.12. The first-order chi connectivity index (χ1) is 7.15. The lowest BCUT2D eigenvalue weighted by molar-refractivity contribution is 0.577. The maximum atomic E-state index is 13.0. The normalized spacial score (nSPS) is 12.0. The highest BCUT2D eigenvalue weighted by Gasteiger charge is 2.09. The van der Waals surface area contributed by atoms with Crippen LogP contribution in [0.1, 0.15) is 36.4 Å². The molecule has 0 radical (unpaired) electrons. The third-order valence-electron chi connectivity index (χ3n) is 2.61. The van der Waals surface area contributed by atoms with Gasteiger partial charge in [0.2, 0.25) is 0 Å². The van der Waals surface area contributed by atoms with E-state index in [1.807, 2.05) is 6.92 Å². The van der Waals surface area contributed by atoms with Gasteiger partial charge in [0.25, 0.3) is 0 Å². The molecular weight excluding hydrogens is 227 g/mol. The highest BCUT2D eigenvalue weighted by atomic mass is 35.5. The monoisotopic (exact) mass is 246 g/mol. The summed E-state index contributed by atoms with van der Waals surface area (Å²) in [6.45, 7) is 2.65. The molecule has 1 aromatic carbocycles. The summed E-state index contributed by atoms with van der Waals surface area (Å²) >= 11 is 0. The Morgan fingerprint density at radius 2 is 2.00 bits per heavy atom. The van der Waals surface area contributed by atoms with Crippen molar-refractivity contribution >= 4 is 12.4 Å². The van der Waals surface area contributed by atoms with Gasteiger partial charge in [0.15, 0.2) is 0 Å². The number of halogens is 2. The first-order valence-electron chi connectivity index (χ1n) is 5.37. The zero-order valence-electron chi connectivity index (χ0n) is 9.58. The Kier molecular flexibility index (Phi) is 7.30. The van der Waals surface area contributed by atoms with E-state index >= 15 is 0 Å². The van der Waals surface area contributed by atoms with E-state index in [-0.39, 0.29) is 24.3 Å². The van der Waals surface area contributed by atoms with Gasteiger partial charge in [-0.15, -0.1) is 12.4 Å². The van der Waals surface area contributed by atoms with Crippen LogP contribution in [-0.2, 0) is 0 Å². The minimum absolute atomic E-state index is 0. The Morgan fingerprint density at radius 1 is 1.31 bits per heavy atom. The molecule has 0 aliphatic carbocycles. The Bertz CT molecular complexity index is 318. The lowest BCUT2D eigenvalue weighted by Gasteiger charge is -2.14. The topological polar surface area (TPSA) is 52.0 Å². The van der Waals surface area contributed by atoms with Crippen LogP contribution >= 0.6 is 12.4 Å². The van der Waals surface area contributed by atoms with Gasteiger partial charge in [-0.1, -0.05) is 12.5 Å². The highest BCUT2D eigenvalue weighted by Crippen LogP contribution is 2.21. The molecule has 0 aromatic heterocycles. The van der Waals surface area contributed by atoms with Crippen LogP contribution < -0.4 is 11.5 Å². The summed E-state index contributed by atoms with van der Waals surface area (Å²) in [4.78, 5) is 0. The van der Waals surface area contributed by atoms with E-state index in [4.69, 9.17) is 11.5 Å². The molecule has 92 valence electrons. The average Bonchev–Trinajstić information content (AvgIpc) is 2.22. The molecule has 0 amide bonds. The number of aryl methyl sites for hydroxylation is 1. The molecule has 0 heterocycles. The molecule has 4 heteroatoms. The van der Waals surface area contributed by atoms with E-state index in [1.165, 1.54) is 12.1 Å². The third-order valence-corrected chi connectivity index (χ3v) is 2.61. The molecule has 0 fully saturated rings. The second kappa shape index (κ2) is 7.60. The van der Waals surface area contributed by atoms with Gasteiger partial charge < -0.3 is 11.5 Å². The van der Waals surface area contributed by atoms with Gasteiger partial charge in [0.1, 0.15) is 5.82 Å². The van der Waals surface area contributed by atoms with Crippen molar-refractivity contribution in [1.29, 1.82) is 0 Å². The van der Waals surface area contributed by atoms with Crippen molar-refractivity contribution in [2.75, 3.05) is 6.54 Å². The van der Waals surface area contributed by atoms with Crippen LogP contribution in [0.4, 0.5) is 4.39 Å². The average molecular weight is 247 g/mol. The summed E-state index contributed by atoms with van der Waals surface area (Å²) in [7, 11) is 0. The van der Waals surface area contributed by atoms with Crippen LogP contribution in [0.25, 0.3) is 0 Å². The second-order valence-corrected chi connectivity index (χ2v) is 3.89. The predicted octanol–water partition coefficient (Wildman–Crippen LogP) is 2.68. The maximum absolute atomic E-state index is 13.0. The quantitative estimate of drug-likeness (QED) is 0.785. The van der Waals surface area contributed by atoms with Gasteiger partial charge in [-0.2, -0.15) is 0 Å². The molecule has 16 heavy (non-hydrogen) atoms. The summed E-state index contributed by atoms with van der Waals surface area (Å²) in [5.74, 6) is -0.218. The van der Waals surface area contributed by atoms with E-state index in [2.05, 4.69) is 0 Å². The molecule has 2 nitrogen and oxygen atoms in total. The minimum atomic E-state index is -0.218. The number of unbranched alkanes of at least 4 members (excludes halogenated alkanes) is 1. The van der Waals surface area contributed by atoms with Crippen molar-refractivity contribution in [1.82, 2.24) is 0 Å². The van der Waals surface area contributed by atoms with Crippen molar-refractivity contribution in [3.05, 3.63) is 35.1 Å². The van der Waals surface area contributed by atoms with Gasteiger partial charge in [-0.05, 0) is 49.6 Å². The molecule has 0 aliphatic heterocycles. The van der Waals surface area contributed by atoms with Crippen LogP contribution in [0.2, 0.25) is 0 Å². The number of hydrogen-bond donors (Lipinski definition) is 2. The fourth-order valence-corrected chi connectivity index (χ4v) is 1.67. The Labute approximate surface area is 103 Å². The first-order valence-corrected chi connectivity index (χ1v) is 5.37. The number of hydrogen-bond acceptors (Lipinski definition) is 2. The van der Waals surface area contributed by atoms with Crippen molar-refractivity contribution in [2.45, 2.75) is 32.2 Å².